The third-order valence-electron chi connectivity index (χ3n) is 2.69. The van der Waals surface area contributed by atoms with Crippen molar-refractivity contribution in [2.75, 3.05) is 5.43 Å². The van der Waals surface area contributed by atoms with Gasteiger partial charge in [-0.3, -0.25) is 0 Å². The van der Waals surface area contributed by atoms with Crippen molar-refractivity contribution in [3.63, 3.8) is 0 Å². The molecule has 0 saturated heterocycles. The van der Waals surface area contributed by atoms with Crippen LogP contribution < -0.4 is 11.3 Å². The minimum atomic E-state index is 0.636. The molecular formula is C13H13N5S. The summed E-state index contributed by atoms with van der Waals surface area (Å²) >= 11 is 1.48. The predicted molar refractivity (Wildman–Crippen MR) is 77.0 cm³/mol. The van der Waals surface area contributed by atoms with Crippen LogP contribution in [-0.4, -0.2) is 15.0 Å². The number of imidazole rings is 1. The number of nitrogens with two attached hydrogens (primary N) is 1. The van der Waals surface area contributed by atoms with Crippen LogP contribution >= 0.6 is 11.8 Å². The van der Waals surface area contributed by atoms with Crippen molar-refractivity contribution in [3.8, 4) is 0 Å². The normalized spacial score (nSPS) is 10.8. The summed E-state index contributed by atoms with van der Waals surface area (Å²) in [5.74, 6) is 5.98. The van der Waals surface area contributed by atoms with Gasteiger partial charge in [-0.05, 0) is 48.5 Å². The first-order valence-corrected chi connectivity index (χ1v) is 6.64. The number of rotatable bonds is 3. The molecule has 0 fully saturated rings. The number of H-pyrrole nitrogens is 1. The molecule has 0 aliphatic heterocycles. The minimum Gasteiger partial charge on any atom is -0.333 e. The summed E-state index contributed by atoms with van der Waals surface area (Å²) < 4.78 is 0. The highest BCUT2D eigenvalue weighted by atomic mass is 32.2. The van der Waals surface area contributed by atoms with Crippen molar-refractivity contribution in [2.24, 2.45) is 5.84 Å². The Morgan fingerprint density at radius 1 is 1.21 bits per heavy atom. The standard InChI is InChI=1S/C13H13N5S/c1-8-5-6-9-10(7-8)16-13(15-9)19-12-4-2-3-11(17-12)18-14/h2-7H,14H2,1H3,(H,15,16)(H,17,18). The first kappa shape index (κ1) is 12.0. The summed E-state index contributed by atoms with van der Waals surface area (Å²) in [7, 11) is 0. The molecule has 6 heteroatoms. The zero-order valence-electron chi connectivity index (χ0n) is 10.3. The summed E-state index contributed by atoms with van der Waals surface area (Å²) in [6.45, 7) is 2.06. The van der Waals surface area contributed by atoms with Crippen molar-refractivity contribution < 1.29 is 0 Å². The monoisotopic (exact) mass is 271 g/mol. The second-order valence-electron chi connectivity index (χ2n) is 4.17. The molecule has 1 aromatic carbocycles. The van der Waals surface area contributed by atoms with Gasteiger partial charge >= 0.3 is 0 Å². The Morgan fingerprint density at radius 2 is 2.11 bits per heavy atom. The molecule has 0 aliphatic rings. The third kappa shape index (κ3) is 2.54. The van der Waals surface area contributed by atoms with Gasteiger partial charge < -0.3 is 10.4 Å². The molecule has 0 radical (unpaired) electrons. The maximum atomic E-state index is 5.34. The van der Waals surface area contributed by atoms with Crippen LogP contribution in [0.2, 0.25) is 0 Å². The molecule has 0 unspecified atom stereocenters. The zero-order valence-corrected chi connectivity index (χ0v) is 11.2. The van der Waals surface area contributed by atoms with E-state index >= 15 is 0 Å². The van der Waals surface area contributed by atoms with Gasteiger partial charge in [-0.1, -0.05) is 12.1 Å². The second-order valence-corrected chi connectivity index (χ2v) is 5.18. The molecule has 3 rings (SSSR count). The fraction of sp³-hybridized carbons (Fsp3) is 0.0769. The average Bonchev–Trinajstić information content (AvgIpc) is 2.80. The van der Waals surface area contributed by atoms with Crippen LogP contribution in [0.3, 0.4) is 0 Å². The highest BCUT2D eigenvalue weighted by Gasteiger charge is 2.06. The van der Waals surface area contributed by atoms with Crippen molar-refractivity contribution in [1.82, 2.24) is 15.0 Å². The highest BCUT2D eigenvalue weighted by Crippen LogP contribution is 2.26. The summed E-state index contributed by atoms with van der Waals surface area (Å²) in [5.41, 5.74) is 5.74. The van der Waals surface area contributed by atoms with E-state index in [9.17, 15) is 0 Å². The SMILES string of the molecule is Cc1ccc2nc(Sc3cccc(NN)n3)[nH]c2c1. The van der Waals surface area contributed by atoms with Crippen molar-refractivity contribution >= 4 is 28.6 Å². The summed E-state index contributed by atoms with van der Waals surface area (Å²) in [6.07, 6.45) is 0. The van der Waals surface area contributed by atoms with E-state index in [1.54, 1.807) is 0 Å². The molecular weight excluding hydrogens is 258 g/mol. The quantitative estimate of drug-likeness (QED) is 0.504. The average molecular weight is 271 g/mol. The number of nitrogens with zero attached hydrogens (tertiary/aromatic N) is 2. The molecule has 0 saturated carbocycles. The number of pyridine rings is 1. The van der Waals surface area contributed by atoms with Crippen molar-refractivity contribution in [1.29, 1.82) is 0 Å². The number of anilines is 1. The van der Waals surface area contributed by atoms with E-state index in [4.69, 9.17) is 5.84 Å². The third-order valence-corrected chi connectivity index (χ3v) is 3.51. The van der Waals surface area contributed by atoms with E-state index in [1.165, 1.54) is 17.3 Å². The van der Waals surface area contributed by atoms with E-state index in [1.807, 2.05) is 24.3 Å². The lowest BCUT2D eigenvalue weighted by Crippen LogP contribution is -2.08. The Balaban J connectivity index is 1.92. The number of aryl methyl sites for hydroxylation is 1. The summed E-state index contributed by atoms with van der Waals surface area (Å²) in [5, 5.41) is 1.66. The minimum absolute atomic E-state index is 0.636. The molecule has 0 atom stereocenters. The van der Waals surface area contributed by atoms with Crippen LogP contribution in [0.25, 0.3) is 11.0 Å². The van der Waals surface area contributed by atoms with Crippen molar-refractivity contribution in [2.45, 2.75) is 17.1 Å². The van der Waals surface area contributed by atoms with E-state index < -0.39 is 0 Å². The fourth-order valence-electron chi connectivity index (χ4n) is 1.80. The van der Waals surface area contributed by atoms with Crippen LogP contribution in [-0.2, 0) is 0 Å². The Hall–Kier alpha value is -2.05. The number of nitrogens with one attached hydrogen (secondary N) is 2. The van der Waals surface area contributed by atoms with Crippen LogP contribution in [0, 0.1) is 6.92 Å². The molecule has 2 heterocycles. The number of aromatic amines is 1. The van der Waals surface area contributed by atoms with Gasteiger partial charge in [0, 0.05) is 0 Å². The number of benzene rings is 1. The topological polar surface area (TPSA) is 79.6 Å². The maximum absolute atomic E-state index is 5.34. The van der Waals surface area contributed by atoms with Gasteiger partial charge in [0.15, 0.2) is 5.16 Å². The smallest absolute Gasteiger partial charge is 0.172 e. The highest BCUT2D eigenvalue weighted by molar-refractivity contribution is 7.99. The van der Waals surface area contributed by atoms with Crippen LogP contribution in [0.1, 0.15) is 5.56 Å². The Kier molecular flexibility index (Phi) is 3.10. The number of aromatic nitrogens is 3. The molecule has 0 bridgehead atoms. The lowest BCUT2D eigenvalue weighted by molar-refractivity contribution is 1.05. The molecule has 3 aromatic rings. The molecule has 5 nitrogen and oxygen atoms in total. The number of fused-ring (bicyclic) bond motifs is 1. The molecule has 0 aliphatic carbocycles. The van der Waals surface area contributed by atoms with Gasteiger partial charge in [-0.25, -0.2) is 15.8 Å². The molecule has 96 valence electrons. The van der Waals surface area contributed by atoms with Gasteiger partial charge in [0.1, 0.15) is 10.8 Å². The fourth-order valence-corrected chi connectivity index (χ4v) is 2.59. The van der Waals surface area contributed by atoms with Crippen LogP contribution in [0.15, 0.2) is 46.6 Å². The van der Waals surface area contributed by atoms with Crippen LogP contribution in [0.5, 0.6) is 0 Å². The number of hydrogen-bond donors (Lipinski definition) is 3. The number of hydrazine groups is 1. The first-order valence-electron chi connectivity index (χ1n) is 5.82. The zero-order chi connectivity index (χ0) is 13.2. The second kappa shape index (κ2) is 4.91. The molecule has 19 heavy (non-hydrogen) atoms. The lowest BCUT2D eigenvalue weighted by atomic mass is 10.2. The maximum Gasteiger partial charge on any atom is 0.172 e. The number of nitrogen functional groups attached to an aromatic ring is 1. The van der Waals surface area contributed by atoms with Gasteiger partial charge in [0.05, 0.1) is 11.0 Å². The summed E-state index contributed by atoms with van der Waals surface area (Å²) in [4.78, 5) is 12.1. The summed E-state index contributed by atoms with van der Waals surface area (Å²) in [6, 6.07) is 11.8. The Bertz CT molecular complexity index is 722. The Morgan fingerprint density at radius 3 is 2.95 bits per heavy atom. The van der Waals surface area contributed by atoms with Crippen molar-refractivity contribution in [3.05, 3.63) is 42.0 Å². The predicted octanol–water partition coefficient (Wildman–Crippen LogP) is 2.70. The molecule has 4 N–H and O–H groups in total. The van der Waals surface area contributed by atoms with Crippen LogP contribution in [0.4, 0.5) is 5.82 Å². The first-order chi connectivity index (χ1) is 9.24. The lowest BCUT2D eigenvalue weighted by Gasteiger charge is -2.00. The molecule has 0 spiro atoms. The Labute approximate surface area is 114 Å². The van der Waals surface area contributed by atoms with Gasteiger partial charge in [0.25, 0.3) is 0 Å². The van der Waals surface area contributed by atoms with Gasteiger partial charge in [0.2, 0.25) is 0 Å². The van der Waals surface area contributed by atoms with Gasteiger partial charge in [-0.2, -0.15) is 0 Å². The molecule has 2 aromatic heterocycles. The number of hydrogen-bond acceptors (Lipinski definition) is 5. The van der Waals surface area contributed by atoms with E-state index in [0.29, 0.717) is 5.82 Å². The van der Waals surface area contributed by atoms with Gasteiger partial charge in [-0.15, -0.1) is 0 Å². The van der Waals surface area contributed by atoms with E-state index in [0.717, 1.165) is 21.2 Å². The van der Waals surface area contributed by atoms with E-state index in [-0.39, 0.29) is 0 Å². The molecule has 0 amide bonds. The largest absolute Gasteiger partial charge is 0.333 e. The van der Waals surface area contributed by atoms with E-state index in [2.05, 4.69) is 39.4 Å².